The van der Waals surface area contributed by atoms with Crippen molar-refractivity contribution in [2.24, 2.45) is 0 Å². The summed E-state index contributed by atoms with van der Waals surface area (Å²) in [6, 6.07) is 13.8. The Bertz CT molecular complexity index is 702. The van der Waals surface area contributed by atoms with Crippen molar-refractivity contribution in [3.8, 4) is 0 Å². The maximum atomic E-state index is 12.1. The number of carbonyl (C=O) groups is 2. The highest BCUT2D eigenvalue weighted by Crippen LogP contribution is 2.24. The van der Waals surface area contributed by atoms with Gasteiger partial charge in [-0.25, -0.2) is 0 Å². The van der Waals surface area contributed by atoms with E-state index in [4.69, 9.17) is 0 Å². The summed E-state index contributed by atoms with van der Waals surface area (Å²) in [5.41, 5.74) is 5.07. The fraction of sp³-hybridized carbons (Fsp3) is 0.222. The van der Waals surface area contributed by atoms with Gasteiger partial charge < -0.3 is 5.32 Å². The van der Waals surface area contributed by atoms with Crippen LogP contribution in [0.2, 0.25) is 0 Å². The molecule has 1 aliphatic heterocycles. The molecule has 2 aromatic carbocycles. The second-order valence-corrected chi connectivity index (χ2v) is 5.59. The molecule has 0 unspecified atom stereocenters. The van der Waals surface area contributed by atoms with Gasteiger partial charge in [0, 0.05) is 18.5 Å². The minimum atomic E-state index is 0.0214. The van der Waals surface area contributed by atoms with Crippen LogP contribution in [0.25, 0.3) is 0 Å². The number of amides is 1. The summed E-state index contributed by atoms with van der Waals surface area (Å²) < 4.78 is 0. The number of nitrogens with one attached hydrogen (secondary N) is 1. The van der Waals surface area contributed by atoms with Gasteiger partial charge >= 0.3 is 0 Å². The molecule has 3 heteroatoms. The Morgan fingerprint density at radius 2 is 1.71 bits per heavy atom. The maximum Gasteiger partial charge on any atom is 0.228 e. The number of ketones is 1. The summed E-state index contributed by atoms with van der Waals surface area (Å²) in [5, 5.41) is 2.80. The quantitative estimate of drug-likeness (QED) is 0.935. The first-order valence-corrected chi connectivity index (χ1v) is 7.09. The number of aryl methyl sites for hydroxylation is 1. The van der Waals surface area contributed by atoms with Crippen LogP contribution in [0.15, 0.2) is 42.5 Å². The van der Waals surface area contributed by atoms with E-state index in [9.17, 15) is 9.59 Å². The minimum Gasteiger partial charge on any atom is -0.326 e. The molecule has 0 saturated carbocycles. The fourth-order valence-corrected chi connectivity index (χ4v) is 2.62. The number of rotatable bonds is 4. The van der Waals surface area contributed by atoms with Crippen LogP contribution in [-0.4, -0.2) is 11.7 Å². The molecule has 3 nitrogen and oxygen atoms in total. The summed E-state index contributed by atoms with van der Waals surface area (Å²) in [4.78, 5) is 23.5. The van der Waals surface area contributed by atoms with E-state index in [0.29, 0.717) is 19.3 Å². The van der Waals surface area contributed by atoms with Crippen LogP contribution in [-0.2, 0) is 28.9 Å². The Balaban J connectivity index is 1.66. The summed E-state index contributed by atoms with van der Waals surface area (Å²) in [5.74, 6) is 0.212. The lowest BCUT2D eigenvalue weighted by molar-refractivity contribution is -0.118. The largest absolute Gasteiger partial charge is 0.326 e. The van der Waals surface area contributed by atoms with Gasteiger partial charge in [0.15, 0.2) is 0 Å². The van der Waals surface area contributed by atoms with Gasteiger partial charge in [0.2, 0.25) is 5.91 Å². The lowest BCUT2D eigenvalue weighted by atomic mass is 10.00. The molecule has 1 heterocycles. The first kappa shape index (κ1) is 13.6. The maximum absolute atomic E-state index is 12.1. The molecule has 21 heavy (non-hydrogen) atoms. The summed E-state index contributed by atoms with van der Waals surface area (Å²) in [6.07, 6.45) is 1.28. The molecule has 1 N–H and O–H groups in total. The Morgan fingerprint density at radius 3 is 2.48 bits per heavy atom. The van der Waals surface area contributed by atoms with Crippen LogP contribution >= 0.6 is 0 Å². The molecule has 1 aliphatic rings. The highest BCUT2D eigenvalue weighted by molar-refractivity contribution is 5.99. The molecule has 0 bridgehead atoms. The molecular weight excluding hydrogens is 262 g/mol. The van der Waals surface area contributed by atoms with Crippen LogP contribution < -0.4 is 5.32 Å². The number of Topliss-reactive ketones (excluding diaryl/α,β-unsaturated/α-hetero) is 1. The lowest BCUT2D eigenvalue weighted by Gasteiger charge is -2.05. The van der Waals surface area contributed by atoms with Crippen molar-refractivity contribution in [1.29, 1.82) is 0 Å². The van der Waals surface area contributed by atoms with Crippen molar-refractivity contribution in [2.75, 3.05) is 5.32 Å². The Hall–Kier alpha value is -2.42. The van der Waals surface area contributed by atoms with Gasteiger partial charge in [-0.3, -0.25) is 9.59 Å². The van der Waals surface area contributed by atoms with E-state index in [1.165, 1.54) is 5.56 Å². The predicted molar refractivity (Wildman–Crippen MR) is 82.4 cm³/mol. The molecule has 1 amide bonds. The zero-order valence-electron chi connectivity index (χ0n) is 12.0. The van der Waals surface area contributed by atoms with Crippen molar-refractivity contribution in [1.82, 2.24) is 0 Å². The summed E-state index contributed by atoms with van der Waals surface area (Å²) >= 11 is 0. The monoisotopic (exact) mass is 279 g/mol. The number of benzene rings is 2. The molecule has 0 atom stereocenters. The molecule has 0 aromatic heterocycles. The second kappa shape index (κ2) is 5.52. The smallest absolute Gasteiger partial charge is 0.228 e. The van der Waals surface area contributed by atoms with Crippen LogP contribution in [0.4, 0.5) is 5.69 Å². The average molecular weight is 279 g/mol. The summed E-state index contributed by atoms with van der Waals surface area (Å²) in [7, 11) is 0. The van der Waals surface area contributed by atoms with E-state index < -0.39 is 0 Å². The molecular formula is C18H17NO2. The van der Waals surface area contributed by atoms with Gasteiger partial charge in [-0.2, -0.15) is 0 Å². The van der Waals surface area contributed by atoms with Crippen LogP contribution in [0.3, 0.4) is 0 Å². The van der Waals surface area contributed by atoms with Gasteiger partial charge in [0.1, 0.15) is 5.78 Å². The van der Waals surface area contributed by atoms with E-state index in [2.05, 4.69) is 5.32 Å². The molecule has 0 saturated heterocycles. The summed E-state index contributed by atoms with van der Waals surface area (Å²) in [6.45, 7) is 2.03. The van der Waals surface area contributed by atoms with E-state index in [-0.39, 0.29) is 11.7 Å². The number of anilines is 1. The van der Waals surface area contributed by atoms with E-state index in [0.717, 1.165) is 22.4 Å². The molecule has 3 rings (SSSR count). The number of carbonyl (C=O) groups excluding carboxylic acids is 2. The van der Waals surface area contributed by atoms with Crippen molar-refractivity contribution in [2.45, 2.75) is 26.2 Å². The lowest BCUT2D eigenvalue weighted by Crippen LogP contribution is -2.06. The topological polar surface area (TPSA) is 46.2 Å². The average Bonchev–Trinajstić information content (AvgIpc) is 2.80. The zero-order valence-corrected chi connectivity index (χ0v) is 12.0. The first-order valence-electron chi connectivity index (χ1n) is 7.09. The molecule has 2 aromatic rings. The number of hydrogen-bond donors (Lipinski definition) is 1. The van der Waals surface area contributed by atoms with Crippen LogP contribution in [0.1, 0.15) is 22.3 Å². The van der Waals surface area contributed by atoms with Gasteiger partial charge in [0.05, 0.1) is 6.42 Å². The molecule has 0 fully saturated rings. The SMILES string of the molecule is Cc1ccc(CC(=O)Cc2ccc3c(c2)CC(=O)N3)cc1. The van der Waals surface area contributed by atoms with Crippen molar-refractivity contribution < 1.29 is 9.59 Å². The molecule has 0 aliphatic carbocycles. The van der Waals surface area contributed by atoms with Crippen molar-refractivity contribution >= 4 is 17.4 Å². The Labute approximate surface area is 124 Å². The van der Waals surface area contributed by atoms with E-state index in [1.807, 2.05) is 49.4 Å². The van der Waals surface area contributed by atoms with Crippen molar-refractivity contribution in [3.63, 3.8) is 0 Å². The highest BCUT2D eigenvalue weighted by atomic mass is 16.1. The van der Waals surface area contributed by atoms with Crippen LogP contribution in [0.5, 0.6) is 0 Å². The van der Waals surface area contributed by atoms with E-state index in [1.54, 1.807) is 0 Å². The Morgan fingerprint density at radius 1 is 1.05 bits per heavy atom. The zero-order chi connectivity index (χ0) is 14.8. The standard InChI is InChI=1S/C18H17NO2/c1-12-2-4-13(5-3-12)9-16(20)10-14-6-7-17-15(8-14)11-18(21)19-17/h2-8H,9-11H2,1H3,(H,19,21). The van der Waals surface area contributed by atoms with Gasteiger partial charge in [-0.1, -0.05) is 42.0 Å². The predicted octanol–water partition coefficient (Wildman–Crippen LogP) is 2.84. The Kier molecular flexibility index (Phi) is 3.57. The van der Waals surface area contributed by atoms with E-state index >= 15 is 0 Å². The first-order chi connectivity index (χ1) is 10.1. The van der Waals surface area contributed by atoms with Gasteiger partial charge in [-0.05, 0) is 29.7 Å². The molecule has 0 radical (unpaired) electrons. The molecule has 0 spiro atoms. The fourth-order valence-electron chi connectivity index (χ4n) is 2.62. The molecule has 106 valence electrons. The number of fused-ring (bicyclic) bond motifs is 1. The van der Waals surface area contributed by atoms with Gasteiger partial charge in [0.25, 0.3) is 0 Å². The van der Waals surface area contributed by atoms with Crippen molar-refractivity contribution in [3.05, 3.63) is 64.7 Å². The number of hydrogen-bond acceptors (Lipinski definition) is 2. The third-order valence-electron chi connectivity index (χ3n) is 3.72. The third kappa shape index (κ3) is 3.19. The minimum absolute atomic E-state index is 0.0214. The normalized spacial score (nSPS) is 12.9. The van der Waals surface area contributed by atoms with Crippen LogP contribution in [0, 0.1) is 6.92 Å². The highest BCUT2D eigenvalue weighted by Gasteiger charge is 2.17. The second-order valence-electron chi connectivity index (χ2n) is 5.59. The third-order valence-corrected chi connectivity index (χ3v) is 3.72. The van der Waals surface area contributed by atoms with Gasteiger partial charge in [-0.15, -0.1) is 0 Å².